The second-order valence-corrected chi connectivity index (χ2v) is 6.87. The van der Waals surface area contributed by atoms with Gasteiger partial charge in [0.1, 0.15) is 0 Å². The van der Waals surface area contributed by atoms with Gasteiger partial charge in [0.05, 0.1) is 5.60 Å². The molecular weight excluding hydrogens is 260 g/mol. The fourth-order valence-electron chi connectivity index (χ4n) is 3.18. The van der Waals surface area contributed by atoms with Crippen LogP contribution in [0.4, 0.5) is 0 Å². The molecule has 0 amide bonds. The Hall–Kier alpha value is 0.190. The van der Waals surface area contributed by atoms with Gasteiger partial charge in [0.15, 0.2) is 0 Å². The van der Waals surface area contributed by atoms with Crippen LogP contribution in [0.15, 0.2) is 0 Å². The average molecular weight is 288 g/mol. The highest BCUT2D eigenvalue weighted by Gasteiger charge is 2.42. The average Bonchev–Trinajstić information content (AvgIpc) is 2.87. The van der Waals surface area contributed by atoms with Crippen LogP contribution < -0.4 is 11.3 Å². The molecule has 3 N–H and O–H groups in total. The van der Waals surface area contributed by atoms with Crippen LogP contribution in [-0.2, 0) is 9.47 Å². The molecule has 2 aliphatic rings. The zero-order valence-electron chi connectivity index (χ0n) is 12.0. The predicted molar refractivity (Wildman–Crippen MR) is 80.2 cm³/mol. The normalized spacial score (nSPS) is 32.8. The summed E-state index contributed by atoms with van der Waals surface area (Å²) >= 11 is 2.02. The van der Waals surface area contributed by atoms with Crippen LogP contribution in [-0.4, -0.2) is 43.0 Å². The van der Waals surface area contributed by atoms with Gasteiger partial charge >= 0.3 is 0 Å². The molecule has 1 spiro atoms. The van der Waals surface area contributed by atoms with E-state index in [1.807, 2.05) is 11.8 Å². The highest BCUT2D eigenvalue weighted by atomic mass is 32.2. The van der Waals surface area contributed by atoms with E-state index in [1.165, 1.54) is 12.2 Å². The third kappa shape index (κ3) is 4.33. The quantitative estimate of drug-likeness (QED) is 0.426. The largest absolute Gasteiger partial charge is 0.381 e. The molecule has 2 heterocycles. The lowest BCUT2D eigenvalue weighted by atomic mass is 9.80. The molecule has 0 aromatic carbocycles. The Kier molecular flexibility index (Phi) is 6.42. The Morgan fingerprint density at radius 3 is 3.11 bits per heavy atom. The Morgan fingerprint density at radius 1 is 1.53 bits per heavy atom. The molecule has 2 aliphatic heterocycles. The number of ether oxygens (including phenoxy) is 2. The molecule has 0 bridgehead atoms. The first-order valence-electron chi connectivity index (χ1n) is 7.55. The van der Waals surface area contributed by atoms with Gasteiger partial charge in [-0.15, -0.1) is 0 Å². The monoisotopic (exact) mass is 288 g/mol. The van der Waals surface area contributed by atoms with E-state index in [-0.39, 0.29) is 5.60 Å². The Balaban J connectivity index is 1.80. The summed E-state index contributed by atoms with van der Waals surface area (Å²) in [4.78, 5) is 0. The van der Waals surface area contributed by atoms with Gasteiger partial charge in [-0.1, -0.05) is 6.92 Å². The molecule has 0 aliphatic carbocycles. The fraction of sp³-hybridized carbons (Fsp3) is 1.00. The van der Waals surface area contributed by atoms with Crippen LogP contribution in [0.25, 0.3) is 0 Å². The molecule has 4 nitrogen and oxygen atoms in total. The maximum absolute atomic E-state index is 6.07. The van der Waals surface area contributed by atoms with Gasteiger partial charge in [-0.2, -0.15) is 11.8 Å². The maximum atomic E-state index is 6.07. The van der Waals surface area contributed by atoms with Gasteiger partial charge in [-0.3, -0.25) is 11.3 Å². The highest BCUT2D eigenvalue weighted by molar-refractivity contribution is 7.99. The number of rotatable bonds is 7. The number of nitrogens with one attached hydrogen (secondary N) is 1. The summed E-state index contributed by atoms with van der Waals surface area (Å²) in [5.41, 5.74) is 3.16. The zero-order chi connectivity index (χ0) is 13.6. The highest BCUT2D eigenvalue weighted by Crippen LogP contribution is 2.41. The van der Waals surface area contributed by atoms with Crippen molar-refractivity contribution in [3.8, 4) is 0 Å². The lowest BCUT2D eigenvalue weighted by Crippen LogP contribution is -2.49. The van der Waals surface area contributed by atoms with Gasteiger partial charge in [0.25, 0.3) is 0 Å². The minimum atomic E-state index is 0.146. The molecule has 0 saturated carbocycles. The van der Waals surface area contributed by atoms with E-state index in [0.29, 0.717) is 12.0 Å². The maximum Gasteiger partial charge on any atom is 0.0783 e. The van der Waals surface area contributed by atoms with E-state index < -0.39 is 0 Å². The summed E-state index contributed by atoms with van der Waals surface area (Å²) in [6.45, 7) is 4.69. The van der Waals surface area contributed by atoms with Crippen molar-refractivity contribution in [3.05, 3.63) is 0 Å². The molecule has 112 valence electrons. The third-order valence-electron chi connectivity index (χ3n) is 4.30. The van der Waals surface area contributed by atoms with Crippen LogP contribution >= 0.6 is 11.8 Å². The van der Waals surface area contributed by atoms with Gasteiger partial charge < -0.3 is 9.47 Å². The predicted octanol–water partition coefficient (Wildman–Crippen LogP) is 1.94. The van der Waals surface area contributed by atoms with E-state index in [0.717, 1.165) is 51.3 Å². The molecule has 5 heteroatoms. The van der Waals surface area contributed by atoms with Crippen molar-refractivity contribution in [1.82, 2.24) is 5.43 Å². The molecular formula is C14H28N2O2S. The van der Waals surface area contributed by atoms with Crippen LogP contribution in [0.3, 0.4) is 0 Å². The van der Waals surface area contributed by atoms with Crippen molar-refractivity contribution in [2.45, 2.75) is 50.7 Å². The van der Waals surface area contributed by atoms with E-state index in [2.05, 4.69) is 12.3 Å². The number of hydrogen-bond acceptors (Lipinski definition) is 5. The van der Waals surface area contributed by atoms with Gasteiger partial charge in [-0.25, -0.2) is 0 Å². The SMILES string of the molecule is CCCOCCC(NN)C1CCOC2(CCSC2)C1. The number of hydrazine groups is 1. The number of nitrogens with two attached hydrogens (primary N) is 1. The van der Waals surface area contributed by atoms with E-state index in [1.54, 1.807) is 0 Å². The van der Waals surface area contributed by atoms with E-state index >= 15 is 0 Å². The summed E-state index contributed by atoms with van der Waals surface area (Å²) in [6, 6.07) is 0.364. The third-order valence-corrected chi connectivity index (χ3v) is 5.53. The first-order chi connectivity index (χ1) is 9.29. The molecule has 3 unspecified atom stereocenters. The molecule has 3 atom stereocenters. The van der Waals surface area contributed by atoms with Gasteiger partial charge in [-0.05, 0) is 43.8 Å². The van der Waals surface area contributed by atoms with Crippen molar-refractivity contribution in [1.29, 1.82) is 0 Å². The summed E-state index contributed by atoms with van der Waals surface area (Å²) in [5.74, 6) is 8.78. The number of hydrogen-bond donors (Lipinski definition) is 2. The molecule has 19 heavy (non-hydrogen) atoms. The van der Waals surface area contributed by atoms with E-state index in [4.69, 9.17) is 15.3 Å². The standard InChI is InChI=1S/C14H28N2O2S/c1-2-6-17-7-4-13(16-15)12-3-8-18-14(10-12)5-9-19-11-14/h12-13,16H,2-11,15H2,1H3. The van der Waals surface area contributed by atoms with Crippen molar-refractivity contribution >= 4 is 11.8 Å². The van der Waals surface area contributed by atoms with Crippen molar-refractivity contribution in [2.75, 3.05) is 31.3 Å². The van der Waals surface area contributed by atoms with Crippen molar-refractivity contribution in [3.63, 3.8) is 0 Å². The first kappa shape index (κ1) is 15.6. The summed E-state index contributed by atoms with van der Waals surface area (Å²) in [6.07, 6.45) is 5.57. The number of thioether (sulfide) groups is 1. The Bertz CT molecular complexity index is 260. The summed E-state index contributed by atoms with van der Waals surface area (Å²) in [7, 11) is 0. The Labute approximate surface area is 121 Å². The lowest BCUT2D eigenvalue weighted by Gasteiger charge is -2.40. The minimum absolute atomic E-state index is 0.146. The summed E-state index contributed by atoms with van der Waals surface area (Å²) < 4.78 is 11.7. The van der Waals surface area contributed by atoms with Gasteiger partial charge in [0, 0.05) is 31.6 Å². The second-order valence-electron chi connectivity index (χ2n) is 5.76. The molecule has 0 radical (unpaired) electrons. The van der Waals surface area contributed by atoms with Crippen LogP contribution in [0.2, 0.25) is 0 Å². The smallest absolute Gasteiger partial charge is 0.0783 e. The second kappa shape index (κ2) is 7.84. The molecule has 2 saturated heterocycles. The minimum Gasteiger partial charge on any atom is -0.381 e. The summed E-state index contributed by atoms with van der Waals surface area (Å²) in [5, 5.41) is 0. The molecule has 2 fully saturated rings. The van der Waals surface area contributed by atoms with Crippen molar-refractivity contribution < 1.29 is 9.47 Å². The molecule has 2 rings (SSSR count). The van der Waals surface area contributed by atoms with Crippen molar-refractivity contribution in [2.24, 2.45) is 11.8 Å². The van der Waals surface area contributed by atoms with Crippen LogP contribution in [0.5, 0.6) is 0 Å². The zero-order valence-corrected chi connectivity index (χ0v) is 12.8. The Morgan fingerprint density at radius 2 is 2.42 bits per heavy atom. The fourth-order valence-corrected chi connectivity index (χ4v) is 4.56. The topological polar surface area (TPSA) is 56.5 Å². The van der Waals surface area contributed by atoms with Crippen LogP contribution in [0.1, 0.15) is 39.0 Å². The van der Waals surface area contributed by atoms with Gasteiger partial charge in [0.2, 0.25) is 0 Å². The molecule has 0 aromatic rings. The molecule has 0 aromatic heterocycles. The van der Waals surface area contributed by atoms with E-state index in [9.17, 15) is 0 Å². The lowest BCUT2D eigenvalue weighted by molar-refractivity contribution is -0.0865. The first-order valence-corrected chi connectivity index (χ1v) is 8.71. The van der Waals surface area contributed by atoms with Crippen LogP contribution in [0, 0.1) is 5.92 Å².